The van der Waals surface area contributed by atoms with E-state index in [2.05, 4.69) is 104 Å². The summed E-state index contributed by atoms with van der Waals surface area (Å²) in [4.78, 5) is 46.0. The molecule has 0 radical (unpaired) electrons. The summed E-state index contributed by atoms with van der Waals surface area (Å²) < 4.78 is 26.8. The number of phosphoric ester groups is 1. The number of carboxylic acids is 1. The molecule has 0 saturated heterocycles. The number of allylic oxidation sites excluding steroid dienone is 16. The third-order valence-electron chi connectivity index (χ3n) is 9.85. The number of carbonyl (C=O) groups is 3. The van der Waals surface area contributed by atoms with E-state index in [1.807, 2.05) is 12.2 Å². The number of aliphatic hydroxyl groups excluding tert-OH is 1. The van der Waals surface area contributed by atoms with E-state index < -0.39 is 57.6 Å². The number of nitrogens with one attached hydrogen (secondary N) is 1. The van der Waals surface area contributed by atoms with Gasteiger partial charge in [0.15, 0.2) is 6.04 Å². The maximum Gasteiger partial charge on any atom is 0.472 e. The van der Waals surface area contributed by atoms with Crippen LogP contribution >= 0.6 is 7.82 Å². The molecule has 11 nitrogen and oxygen atoms in total. The molecule has 0 saturated carbocycles. The van der Waals surface area contributed by atoms with Crippen LogP contribution in [0.3, 0.4) is 0 Å². The van der Waals surface area contributed by atoms with Gasteiger partial charge in [-0.1, -0.05) is 169 Å². The Morgan fingerprint density at radius 3 is 1.31 bits per heavy atom. The van der Waals surface area contributed by atoms with Gasteiger partial charge in [0.05, 0.1) is 13.2 Å². The molecule has 0 aromatic rings. The number of esters is 1. The number of aliphatic carboxylic acids is 1. The number of amides is 1. The Labute approximate surface area is 387 Å². The molecule has 12 heteroatoms. The molecule has 0 aromatic carbocycles. The SMILES string of the molecule is CCCCC/C=C\C/C=C\C/C=C\C/C=C\CCCCCCCCCC(=O)NC(COP(=O)(O)OCC(O)COC(=O)CCC/C=C\C/C=C\C/C=C\C/C=C\CCCCC)C(=O)O. The van der Waals surface area contributed by atoms with E-state index in [9.17, 15) is 34.1 Å². The van der Waals surface area contributed by atoms with Gasteiger partial charge in [0.25, 0.3) is 0 Å². The lowest BCUT2D eigenvalue weighted by Gasteiger charge is -2.18. The zero-order valence-corrected chi connectivity index (χ0v) is 40.4. The Kier molecular flexibility index (Phi) is 43.4. The molecule has 3 unspecified atom stereocenters. The molecule has 0 fully saturated rings. The van der Waals surface area contributed by atoms with Gasteiger partial charge in [0, 0.05) is 12.8 Å². The van der Waals surface area contributed by atoms with Gasteiger partial charge in [-0.25, -0.2) is 9.36 Å². The van der Waals surface area contributed by atoms with Gasteiger partial charge < -0.3 is 25.2 Å². The van der Waals surface area contributed by atoms with Crippen LogP contribution in [-0.2, 0) is 32.7 Å². The minimum atomic E-state index is -4.78. The largest absolute Gasteiger partial charge is 0.480 e. The second-order valence-electron chi connectivity index (χ2n) is 15.9. The van der Waals surface area contributed by atoms with Crippen molar-refractivity contribution in [3.8, 4) is 0 Å². The Morgan fingerprint density at radius 1 is 0.500 bits per heavy atom. The van der Waals surface area contributed by atoms with Crippen molar-refractivity contribution in [3.63, 3.8) is 0 Å². The fraction of sp³-hybridized carbons (Fsp3) is 0.635. The Balaban J connectivity index is 3.97. The van der Waals surface area contributed by atoms with Gasteiger partial charge in [0.2, 0.25) is 5.91 Å². The molecule has 0 rings (SSSR count). The Hall–Kier alpha value is -3.60. The van der Waals surface area contributed by atoms with Crippen LogP contribution in [0.5, 0.6) is 0 Å². The van der Waals surface area contributed by atoms with Crippen LogP contribution in [0.1, 0.15) is 181 Å². The van der Waals surface area contributed by atoms with Crippen molar-refractivity contribution < 1.29 is 47.8 Å². The summed E-state index contributed by atoms with van der Waals surface area (Å²) in [7, 11) is -4.78. The number of rotatable bonds is 44. The average Bonchev–Trinajstić information content (AvgIpc) is 3.27. The van der Waals surface area contributed by atoms with Crippen LogP contribution in [0, 0.1) is 0 Å². The first-order valence-electron chi connectivity index (χ1n) is 24.3. The summed E-state index contributed by atoms with van der Waals surface area (Å²) in [5, 5.41) is 21.9. The number of aliphatic hydroxyl groups is 1. The van der Waals surface area contributed by atoms with Crippen LogP contribution in [0.15, 0.2) is 97.2 Å². The second-order valence-corrected chi connectivity index (χ2v) is 17.4. The summed E-state index contributed by atoms with van der Waals surface area (Å²) in [6, 6.07) is -1.57. The topological polar surface area (TPSA) is 169 Å². The van der Waals surface area contributed by atoms with E-state index in [0.29, 0.717) is 19.3 Å². The predicted molar refractivity (Wildman–Crippen MR) is 263 cm³/mol. The number of carboxylic acid groups (broad SMARTS) is 1. The van der Waals surface area contributed by atoms with Gasteiger partial charge >= 0.3 is 19.8 Å². The first kappa shape index (κ1) is 60.4. The molecule has 0 aliphatic rings. The lowest BCUT2D eigenvalue weighted by atomic mass is 10.1. The molecule has 0 aromatic heterocycles. The molecule has 4 N–H and O–H groups in total. The first-order chi connectivity index (χ1) is 31.1. The van der Waals surface area contributed by atoms with Crippen molar-refractivity contribution >= 4 is 25.7 Å². The summed E-state index contributed by atoms with van der Waals surface area (Å²) in [6.45, 7) is 2.47. The van der Waals surface area contributed by atoms with Crippen LogP contribution in [-0.4, -0.2) is 64.9 Å². The second kappa shape index (κ2) is 45.9. The van der Waals surface area contributed by atoms with Crippen molar-refractivity contribution in [2.45, 2.75) is 193 Å². The monoisotopic (exact) mass is 916 g/mol. The highest BCUT2D eigenvalue weighted by molar-refractivity contribution is 7.47. The number of carbonyl (C=O) groups excluding carboxylic acids is 2. The predicted octanol–water partition coefficient (Wildman–Crippen LogP) is 13.2. The number of unbranched alkanes of at least 4 members (excludes halogenated alkanes) is 14. The number of hydrogen-bond acceptors (Lipinski definition) is 8. The van der Waals surface area contributed by atoms with Crippen molar-refractivity contribution in [1.29, 1.82) is 0 Å². The molecule has 0 heterocycles. The van der Waals surface area contributed by atoms with Gasteiger partial charge in [0.1, 0.15) is 12.7 Å². The zero-order valence-electron chi connectivity index (χ0n) is 39.5. The number of phosphoric acid groups is 1. The molecule has 0 aliphatic heterocycles. The quantitative estimate of drug-likeness (QED) is 0.0200. The molecule has 3 atom stereocenters. The minimum absolute atomic E-state index is 0.124. The van der Waals surface area contributed by atoms with Crippen molar-refractivity contribution in [2.75, 3.05) is 19.8 Å². The Bertz CT molecular complexity index is 1450. The van der Waals surface area contributed by atoms with E-state index in [0.717, 1.165) is 89.9 Å². The van der Waals surface area contributed by atoms with Gasteiger partial charge in [-0.2, -0.15) is 0 Å². The molecule has 0 aliphatic carbocycles. The fourth-order valence-electron chi connectivity index (χ4n) is 6.05. The standard InChI is InChI=1S/C52H86NO10P/c1-3-5-7-9-11-13-15-17-19-21-22-23-24-25-26-28-29-31-33-35-37-39-41-43-50(55)53-49(52(57)58)47-63-64(59,60)62-46-48(54)45-61-51(56)44-42-40-38-36-34-32-30-27-20-18-16-14-12-10-8-6-4-2/h11-14,17-20,22-23,25-26,30,32,36,38,48-49,54H,3-10,15-16,21,24,27-29,31,33-35,37,39-47H2,1-2H3,(H,53,55)(H,57,58)(H,59,60)/b13-11-,14-12-,19-17-,20-18-,23-22-,26-25-,32-30-,38-36-. The van der Waals surface area contributed by atoms with Crippen molar-refractivity contribution in [2.24, 2.45) is 0 Å². The van der Waals surface area contributed by atoms with Crippen LogP contribution in [0.25, 0.3) is 0 Å². The molecule has 364 valence electrons. The minimum Gasteiger partial charge on any atom is -0.480 e. The molecular weight excluding hydrogens is 830 g/mol. The highest BCUT2D eigenvalue weighted by Crippen LogP contribution is 2.43. The molecule has 0 bridgehead atoms. The lowest BCUT2D eigenvalue weighted by molar-refractivity contribution is -0.147. The molecule has 1 amide bonds. The molecule has 0 spiro atoms. The number of ether oxygens (including phenoxy) is 1. The van der Waals surface area contributed by atoms with E-state index in [-0.39, 0.29) is 12.8 Å². The average molecular weight is 916 g/mol. The zero-order chi connectivity index (χ0) is 47.0. The highest BCUT2D eigenvalue weighted by atomic mass is 31.2. The van der Waals surface area contributed by atoms with Crippen LogP contribution in [0.4, 0.5) is 0 Å². The van der Waals surface area contributed by atoms with Crippen molar-refractivity contribution in [3.05, 3.63) is 97.2 Å². The van der Waals surface area contributed by atoms with E-state index >= 15 is 0 Å². The van der Waals surface area contributed by atoms with Crippen LogP contribution < -0.4 is 5.32 Å². The third-order valence-corrected chi connectivity index (χ3v) is 10.8. The fourth-order valence-corrected chi connectivity index (χ4v) is 6.83. The van der Waals surface area contributed by atoms with Gasteiger partial charge in [-0.15, -0.1) is 0 Å². The number of hydrogen-bond donors (Lipinski definition) is 4. The van der Waals surface area contributed by atoms with Crippen LogP contribution in [0.2, 0.25) is 0 Å². The Morgan fingerprint density at radius 2 is 0.875 bits per heavy atom. The smallest absolute Gasteiger partial charge is 0.472 e. The first-order valence-corrected chi connectivity index (χ1v) is 25.8. The summed E-state index contributed by atoms with van der Waals surface area (Å²) in [6.07, 6.45) is 58.6. The van der Waals surface area contributed by atoms with E-state index in [4.69, 9.17) is 13.8 Å². The normalized spacial score (nSPS) is 14.4. The van der Waals surface area contributed by atoms with Crippen molar-refractivity contribution in [1.82, 2.24) is 5.32 Å². The highest BCUT2D eigenvalue weighted by Gasteiger charge is 2.28. The summed E-state index contributed by atoms with van der Waals surface area (Å²) in [5.74, 6) is -2.46. The van der Waals surface area contributed by atoms with E-state index in [1.54, 1.807) is 0 Å². The summed E-state index contributed by atoms with van der Waals surface area (Å²) in [5.41, 5.74) is 0. The van der Waals surface area contributed by atoms with E-state index in [1.165, 1.54) is 44.9 Å². The van der Waals surface area contributed by atoms with Gasteiger partial charge in [-0.3, -0.25) is 18.6 Å². The molecular formula is C52H86NO10P. The molecule has 64 heavy (non-hydrogen) atoms. The summed E-state index contributed by atoms with van der Waals surface area (Å²) >= 11 is 0. The maximum atomic E-state index is 12.4. The van der Waals surface area contributed by atoms with Gasteiger partial charge in [-0.05, 0) is 96.3 Å². The maximum absolute atomic E-state index is 12.4. The lowest BCUT2D eigenvalue weighted by Crippen LogP contribution is -2.43. The third kappa shape index (κ3) is 45.0.